The number of furan rings is 1. The molecule has 0 aliphatic carbocycles. The van der Waals surface area contributed by atoms with Gasteiger partial charge in [-0.05, 0) is 48.2 Å². The Morgan fingerprint density at radius 3 is 2.57 bits per heavy atom. The molecule has 4 aromatic rings. The Balaban J connectivity index is 1.66. The number of para-hydroxylation sites is 1. The van der Waals surface area contributed by atoms with Gasteiger partial charge in [0.2, 0.25) is 5.76 Å². The second-order valence-corrected chi connectivity index (χ2v) is 7.17. The summed E-state index contributed by atoms with van der Waals surface area (Å²) in [5, 5.41) is 1.60. The summed E-state index contributed by atoms with van der Waals surface area (Å²) in [6, 6.07) is 14.2. The Hall–Kier alpha value is -3.34. The maximum atomic E-state index is 12.4. The van der Waals surface area contributed by atoms with E-state index in [4.69, 9.17) is 13.6 Å². The van der Waals surface area contributed by atoms with E-state index in [1.54, 1.807) is 12.1 Å². The molecule has 142 valence electrons. The molecule has 0 saturated heterocycles. The van der Waals surface area contributed by atoms with E-state index in [0.29, 0.717) is 22.6 Å². The second kappa shape index (κ2) is 7.00. The van der Waals surface area contributed by atoms with Gasteiger partial charge < -0.3 is 13.6 Å². The van der Waals surface area contributed by atoms with Gasteiger partial charge in [0, 0.05) is 22.4 Å². The van der Waals surface area contributed by atoms with Crippen molar-refractivity contribution in [1.29, 1.82) is 0 Å². The van der Waals surface area contributed by atoms with E-state index in [1.165, 1.54) is 6.07 Å². The van der Waals surface area contributed by atoms with Crippen LogP contribution < -0.4 is 5.63 Å². The molecule has 2 heterocycles. The van der Waals surface area contributed by atoms with E-state index < -0.39 is 11.6 Å². The molecule has 4 rings (SSSR count). The summed E-state index contributed by atoms with van der Waals surface area (Å²) in [4.78, 5) is 24.4. The number of esters is 1. The van der Waals surface area contributed by atoms with Gasteiger partial charge in [-0.1, -0.05) is 32.0 Å². The maximum absolute atomic E-state index is 12.4. The lowest BCUT2D eigenvalue weighted by Crippen LogP contribution is -2.08. The molecule has 0 amide bonds. The summed E-state index contributed by atoms with van der Waals surface area (Å²) < 4.78 is 16.3. The molecule has 0 aliphatic heterocycles. The average molecular weight is 376 g/mol. The lowest BCUT2D eigenvalue weighted by Gasteiger charge is -2.13. The summed E-state index contributed by atoms with van der Waals surface area (Å²) >= 11 is 0. The molecule has 2 aromatic heterocycles. The molecule has 0 N–H and O–H groups in total. The summed E-state index contributed by atoms with van der Waals surface area (Å²) in [6.45, 7) is 6.16. The van der Waals surface area contributed by atoms with Gasteiger partial charge in [0.15, 0.2) is 0 Å². The molecular weight excluding hydrogens is 356 g/mol. The predicted octanol–water partition coefficient (Wildman–Crippen LogP) is 5.33. The highest BCUT2D eigenvalue weighted by molar-refractivity contribution is 5.92. The van der Waals surface area contributed by atoms with Crippen LogP contribution in [0.5, 0.6) is 0 Å². The van der Waals surface area contributed by atoms with E-state index >= 15 is 0 Å². The Labute approximate surface area is 161 Å². The largest absolute Gasteiger partial charge is 0.455 e. The molecule has 0 atom stereocenters. The topological polar surface area (TPSA) is 69.7 Å². The molecule has 0 spiro atoms. The zero-order valence-electron chi connectivity index (χ0n) is 15.9. The molecule has 0 fully saturated rings. The molecule has 2 aromatic carbocycles. The van der Waals surface area contributed by atoms with Crippen LogP contribution in [-0.2, 0) is 11.3 Å². The van der Waals surface area contributed by atoms with Gasteiger partial charge in [0.1, 0.15) is 17.8 Å². The van der Waals surface area contributed by atoms with Crippen molar-refractivity contribution in [2.45, 2.75) is 33.3 Å². The van der Waals surface area contributed by atoms with Crippen LogP contribution in [0.4, 0.5) is 0 Å². The molecule has 28 heavy (non-hydrogen) atoms. The third-order valence-corrected chi connectivity index (χ3v) is 4.82. The normalized spacial score (nSPS) is 11.4. The Morgan fingerprint density at radius 1 is 1.04 bits per heavy atom. The van der Waals surface area contributed by atoms with Crippen molar-refractivity contribution in [2.75, 3.05) is 0 Å². The molecular formula is C23H20O5. The number of hydrogen-bond donors (Lipinski definition) is 0. The van der Waals surface area contributed by atoms with Gasteiger partial charge >= 0.3 is 11.6 Å². The van der Waals surface area contributed by atoms with Gasteiger partial charge in [0.05, 0.1) is 0 Å². The third-order valence-electron chi connectivity index (χ3n) is 4.82. The lowest BCUT2D eigenvalue weighted by atomic mass is 9.95. The van der Waals surface area contributed by atoms with Gasteiger partial charge in [-0.15, -0.1) is 0 Å². The Kier molecular flexibility index (Phi) is 4.51. The summed E-state index contributed by atoms with van der Waals surface area (Å²) in [7, 11) is 0. The predicted molar refractivity (Wildman–Crippen MR) is 107 cm³/mol. The molecule has 0 radical (unpaired) electrons. The molecule has 5 heteroatoms. The van der Waals surface area contributed by atoms with Crippen LogP contribution in [-0.4, -0.2) is 5.97 Å². The van der Waals surface area contributed by atoms with Crippen LogP contribution in [0.1, 0.15) is 47.0 Å². The highest BCUT2D eigenvalue weighted by atomic mass is 16.5. The van der Waals surface area contributed by atoms with Crippen LogP contribution in [0.2, 0.25) is 0 Å². The van der Waals surface area contributed by atoms with Gasteiger partial charge in [-0.2, -0.15) is 0 Å². The van der Waals surface area contributed by atoms with E-state index in [-0.39, 0.29) is 12.4 Å². The number of fused-ring (bicyclic) bond motifs is 2. The van der Waals surface area contributed by atoms with E-state index in [0.717, 1.165) is 21.9 Å². The smallest absolute Gasteiger partial charge is 0.374 e. The van der Waals surface area contributed by atoms with Crippen molar-refractivity contribution in [3.8, 4) is 0 Å². The molecule has 0 unspecified atom stereocenters. The summed E-state index contributed by atoms with van der Waals surface area (Å²) in [6.07, 6.45) is 0. The molecule has 0 aliphatic rings. The number of ether oxygens (including phenoxy) is 1. The molecule has 0 saturated carbocycles. The summed E-state index contributed by atoms with van der Waals surface area (Å²) in [5.41, 5.74) is 3.46. The third kappa shape index (κ3) is 3.31. The average Bonchev–Trinajstić information content (AvgIpc) is 3.09. The zero-order chi connectivity index (χ0) is 19.8. The fraction of sp³-hybridized carbons (Fsp3) is 0.217. The van der Waals surface area contributed by atoms with Crippen LogP contribution in [0.25, 0.3) is 21.9 Å². The lowest BCUT2D eigenvalue weighted by molar-refractivity contribution is 0.0440. The zero-order valence-corrected chi connectivity index (χ0v) is 15.9. The van der Waals surface area contributed by atoms with Gasteiger partial charge in [-0.25, -0.2) is 9.59 Å². The first-order chi connectivity index (χ1) is 13.4. The SMILES string of the molecule is Cc1cc2oc(=O)cc(COC(=O)c3cc4ccccc4o3)c2cc1C(C)C. The fourth-order valence-corrected chi connectivity index (χ4v) is 3.43. The first-order valence-electron chi connectivity index (χ1n) is 9.15. The fourth-order valence-electron chi connectivity index (χ4n) is 3.43. The van der Waals surface area contributed by atoms with Crippen molar-refractivity contribution in [1.82, 2.24) is 0 Å². The van der Waals surface area contributed by atoms with Crippen molar-refractivity contribution in [3.63, 3.8) is 0 Å². The number of carbonyl (C=O) groups excluding carboxylic acids is 1. The number of rotatable bonds is 4. The van der Waals surface area contributed by atoms with Gasteiger partial charge in [-0.3, -0.25) is 0 Å². The Bertz CT molecular complexity index is 1210. The van der Waals surface area contributed by atoms with Crippen LogP contribution >= 0.6 is 0 Å². The van der Waals surface area contributed by atoms with Crippen LogP contribution in [0, 0.1) is 6.92 Å². The minimum Gasteiger partial charge on any atom is -0.455 e. The van der Waals surface area contributed by atoms with E-state index in [9.17, 15) is 9.59 Å². The van der Waals surface area contributed by atoms with Crippen molar-refractivity contribution in [2.24, 2.45) is 0 Å². The molecule has 0 bridgehead atoms. The first kappa shape index (κ1) is 18.0. The first-order valence-corrected chi connectivity index (χ1v) is 9.15. The maximum Gasteiger partial charge on any atom is 0.374 e. The number of carbonyl (C=O) groups is 1. The van der Waals surface area contributed by atoms with Crippen LogP contribution in [0.15, 0.2) is 62.2 Å². The number of aryl methyl sites for hydroxylation is 1. The van der Waals surface area contributed by atoms with Gasteiger partial charge in [0.25, 0.3) is 0 Å². The highest BCUT2D eigenvalue weighted by Gasteiger charge is 2.16. The monoisotopic (exact) mass is 376 g/mol. The molecule has 5 nitrogen and oxygen atoms in total. The van der Waals surface area contributed by atoms with Crippen molar-refractivity contribution < 1.29 is 18.4 Å². The standard InChI is InChI=1S/C23H20O5/c1-13(2)17-11-18-16(10-22(24)28-20(18)8-14(17)3)12-26-23(25)21-9-15-6-4-5-7-19(15)27-21/h4-11,13H,12H2,1-3H3. The number of benzene rings is 2. The minimum absolute atomic E-state index is 0.0431. The van der Waals surface area contributed by atoms with Crippen LogP contribution in [0.3, 0.4) is 0 Å². The quantitative estimate of drug-likeness (QED) is 0.356. The van der Waals surface area contributed by atoms with E-state index in [2.05, 4.69) is 13.8 Å². The highest BCUT2D eigenvalue weighted by Crippen LogP contribution is 2.27. The van der Waals surface area contributed by atoms with Crippen molar-refractivity contribution in [3.05, 3.63) is 81.4 Å². The minimum atomic E-state index is -0.575. The second-order valence-electron chi connectivity index (χ2n) is 7.17. The van der Waals surface area contributed by atoms with E-state index in [1.807, 2.05) is 37.3 Å². The Morgan fingerprint density at radius 2 is 1.82 bits per heavy atom. The number of hydrogen-bond acceptors (Lipinski definition) is 5. The summed E-state index contributed by atoms with van der Waals surface area (Å²) in [5.74, 6) is -0.122. The van der Waals surface area contributed by atoms with Crippen molar-refractivity contribution >= 4 is 27.9 Å².